The molecule has 1 atom stereocenters. The number of rotatable bonds is 2. The van der Waals surface area contributed by atoms with E-state index in [0.717, 1.165) is 36.1 Å². The first-order valence-electron chi connectivity index (χ1n) is 8.54. The fourth-order valence-electron chi connectivity index (χ4n) is 3.56. The molecule has 1 saturated heterocycles. The number of carbonyl (C=O) groups is 1. The van der Waals surface area contributed by atoms with Crippen molar-refractivity contribution >= 4 is 22.2 Å². The summed E-state index contributed by atoms with van der Waals surface area (Å²) in [7, 11) is 0. The standard InChI is InChI=1S/C16H18N6O2S/c23-15(11-10-21-7-9-25-16(21)17-11)20-4-3-13-18-19-14(22(13)6-5-20)12-2-1-8-24-12/h7,9-10,12H,1-6,8H2/t12-/m1/s1. The molecule has 3 aromatic rings. The normalized spacial score (nSPS) is 20.8. The first-order valence-corrected chi connectivity index (χ1v) is 9.42. The lowest BCUT2D eigenvalue weighted by Gasteiger charge is -2.19. The number of carbonyl (C=O) groups excluding carboxylic acids is 1. The van der Waals surface area contributed by atoms with Gasteiger partial charge in [0.25, 0.3) is 5.91 Å². The summed E-state index contributed by atoms with van der Waals surface area (Å²) in [4.78, 5) is 20.0. The van der Waals surface area contributed by atoms with Crippen molar-refractivity contribution in [3.8, 4) is 0 Å². The van der Waals surface area contributed by atoms with Crippen LogP contribution in [0.3, 0.4) is 0 Å². The van der Waals surface area contributed by atoms with Gasteiger partial charge in [0.15, 0.2) is 10.8 Å². The summed E-state index contributed by atoms with van der Waals surface area (Å²) in [5, 5.41) is 10.6. The van der Waals surface area contributed by atoms with Gasteiger partial charge in [0, 0.05) is 50.4 Å². The lowest BCUT2D eigenvalue weighted by atomic mass is 10.2. The van der Waals surface area contributed by atoms with Crippen molar-refractivity contribution in [1.29, 1.82) is 0 Å². The molecule has 8 nitrogen and oxygen atoms in total. The molecule has 0 N–H and O–H groups in total. The van der Waals surface area contributed by atoms with Crippen LogP contribution in [0.1, 0.15) is 41.1 Å². The average molecular weight is 358 g/mol. The highest BCUT2D eigenvalue weighted by Crippen LogP contribution is 2.28. The number of fused-ring (bicyclic) bond motifs is 2. The number of nitrogens with zero attached hydrogens (tertiary/aromatic N) is 6. The van der Waals surface area contributed by atoms with Crippen LogP contribution in [0.2, 0.25) is 0 Å². The fourth-order valence-corrected chi connectivity index (χ4v) is 4.26. The molecular weight excluding hydrogens is 340 g/mol. The van der Waals surface area contributed by atoms with E-state index in [-0.39, 0.29) is 12.0 Å². The molecule has 0 bridgehead atoms. The molecular formula is C16H18N6O2S. The van der Waals surface area contributed by atoms with Crippen molar-refractivity contribution in [2.24, 2.45) is 0 Å². The quantitative estimate of drug-likeness (QED) is 0.694. The maximum atomic E-state index is 12.8. The second kappa shape index (κ2) is 5.92. The van der Waals surface area contributed by atoms with Gasteiger partial charge >= 0.3 is 0 Å². The Morgan fingerprint density at radius 1 is 1.28 bits per heavy atom. The Bertz CT molecular complexity index is 894. The Balaban J connectivity index is 1.36. The number of aromatic nitrogens is 5. The molecule has 0 aliphatic carbocycles. The van der Waals surface area contributed by atoms with Gasteiger partial charge in [0.05, 0.1) is 0 Å². The van der Waals surface area contributed by atoms with Crippen LogP contribution in [0, 0.1) is 0 Å². The topological polar surface area (TPSA) is 77.6 Å². The van der Waals surface area contributed by atoms with Gasteiger partial charge < -0.3 is 14.2 Å². The van der Waals surface area contributed by atoms with Crippen molar-refractivity contribution in [2.75, 3.05) is 19.7 Å². The highest BCUT2D eigenvalue weighted by atomic mass is 32.1. The van der Waals surface area contributed by atoms with E-state index in [1.165, 1.54) is 11.3 Å². The zero-order chi connectivity index (χ0) is 16.8. The molecule has 1 fully saturated rings. The third-order valence-corrected chi connectivity index (χ3v) is 5.64. The van der Waals surface area contributed by atoms with Crippen molar-refractivity contribution in [1.82, 2.24) is 29.0 Å². The molecule has 0 aromatic carbocycles. The number of thiazole rings is 1. The highest BCUT2D eigenvalue weighted by molar-refractivity contribution is 7.15. The van der Waals surface area contributed by atoms with Crippen molar-refractivity contribution in [2.45, 2.75) is 31.9 Å². The van der Waals surface area contributed by atoms with Crippen molar-refractivity contribution in [3.63, 3.8) is 0 Å². The number of amides is 1. The monoisotopic (exact) mass is 358 g/mol. The third kappa shape index (κ3) is 2.54. The molecule has 2 aliphatic rings. The molecule has 3 aromatic heterocycles. The molecule has 1 amide bonds. The van der Waals surface area contributed by atoms with Crippen LogP contribution in [0.4, 0.5) is 0 Å². The second-order valence-corrected chi connectivity index (χ2v) is 7.26. The number of hydrogen-bond acceptors (Lipinski definition) is 6. The Kier molecular flexibility index (Phi) is 3.56. The van der Waals surface area contributed by atoms with Gasteiger partial charge in [0.2, 0.25) is 0 Å². The first kappa shape index (κ1) is 15.0. The summed E-state index contributed by atoms with van der Waals surface area (Å²) < 4.78 is 9.78. The van der Waals surface area contributed by atoms with Crippen molar-refractivity contribution < 1.29 is 9.53 Å². The molecule has 2 aliphatic heterocycles. The molecule has 0 radical (unpaired) electrons. The Hall–Kier alpha value is -2.26. The molecule has 25 heavy (non-hydrogen) atoms. The summed E-state index contributed by atoms with van der Waals surface area (Å²) in [6.45, 7) is 2.75. The van der Waals surface area contributed by atoms with Crippen LogP contribution in [0.5, 0.6) is 0 Å². The van der Waals surface area contributed by atoms with Gasteiger partial charge in [-0.1, -0.05) is 0 Å². The van der Waals surface area contributed by atoms with Crippen LogP contribution in [-0.4, -0.2) is 54.7 Å². The maximum Gasteiger partial charge on any atom is 0.274 e. The van der Waals surface area contributed by atoms with E-state index < -0.39 is 0 Å². The van der Waals surface area contributed by atoms with E-state index in [2.05, 4.69) is 19.7 Å². The minimum Gasteiger partial charge on any atom is -0.370 e. The number of imidazole rings is 1. The predicted octanol–water partition coefficient (Wildman–Crippen LogP) is 1.54. The average Bonchev–Trinajstić information content (AvgIpc) is 3.36. The minimum atomic E-state index is -0.0201. The molecule has 5 heterocycles. The zero-order valence-corrected chi connectivity index (χ0v) is 14.5. The summed E-state index contributed by atoms with van der Waals surface area (Å²) in [6, 6.07) is 0. The molecule has 0 saturated carbocycles. The van der Waals surface area contributed by atoms with E-state index in [1.54, 1.807) is 6.20 Å². The summed E-state index contributed by atoms with van der Waals surface area (Å²) in [5.74, 6) is 1.82. The third-order valence-electron chi connectivity index (χ3n) is 4.87. The van der Waals surface area contributed by atoms with Gasteiger partial charge in [-0.3, -0.25) is 9.20 Å². The van der Waals surface area contributed by atoms with Crippen LogP contribution >= 0.6 is 11.3 Å². The van der Waals surface area contributed by atoms with Crippen LogP contribution in [0.25, 0.3) is 4.96 Å². The summed E-state index contributed by atoms with van der Waals surface area (Å²) in [6.07, 6.45) is 6.52. The molecule has 5 rings (SSSR count). The molecule has 130 valence electrons. The zero-order valence-electron chi connectivity index (χ0n) is 13.7. The fraction of sp³-hybridized carbons (Fsp3) is 0.500. The molecule has 9 heteroatoms. The Morgan fingerprint density at radius 3 is 3.08 bits per heavy atom. The number of ether oxygens (including phenoxy) is 1. The van der Waals surface area contributed by atoms with E-state index >= 15 is 0 Å². The highest BCUT2D eigenvalue weighted by Gasteiger charge is 2.28. The van der Waals surface area contributed by atoms with Crippen LogP contribution < -0.4 is 0 Å². The SMILES string of the molecule is O=C(c1cn2ccsc2n1)N1CCc2nnc([C@H]3CCCO3)n2CC1. The predicted molar refractivity (Wildman–Crippen MR) is 90.6 cm³/mol. The largest absolute Gasteiger partial charge is 0.370 e. The van der Waals surface area contributed by atoms with Crippen molar-refractivity contribution in [3.05, 3.63) is 35.1 Å². The van der Waals surface area contributed by atoms with Gasteiger partial charge in [-0.15, -0.1) is 21.5 Å². The van der Waals surface area contributed by atoms with E-state index in [9.17, 15) is 4.79 Å². The Labute approximate surface area is 148 Å². The van der Waals surface area contributed by atoms with Gasteiger partial charge in [-0.05, 0) is 12.8 Å². The summed E-state index contributed by atoms with van der Waals surface area (Å²) in [5.41, 5.74) is 0.504. The van der Waals surface area contributed by atoms with E-state index in [1.807, 2.05) is 20.9 Å². The van der Waals surface area contributed by atoms with Crippen LogP contribution in [0.15, 0.2) is 17.8 Å². The van der Waals surface area contributed by atoms with E-state index in [0.29, 0.717) is 31.7 Å². The smallest absolute Gasteiger partial charge is 0.274 e. The first-order chi connectivity index (χ1) is 12.3. The molecule has 0 spiro atoms. The van der Waals surface area contributed by atoms with Gasteiger partial charge in [-0.2, -0.15) is 0 Å². The summed E-state index contributed by atoms with van der Waals surface area (Å²) >= 11 is 1.53. The lowest BCUT2D eigenvalue weighted by Crippen LogP contribution is -2.34. The lowest BCUT2D eigenvalue weighted by molar-refractivity contribution is 0.0750. The Morgan fingerprint density at radius 2 is 2.24 bits per heavy atom. The van der Waals surface area contributed by atoms with Gasteiger partial charge in [-0.25, -0.2) is 4.98 Å². The molecule has 0 unspecified atom stereocenters. The number of hydrogen-bond donors (Lipinski definition) is 0. The van der Waals surface area contributed by atoms with Gasteiger partial charge in [0.1, 0.15) is 17.6 Å². The van der Waals surface area contributed by atoms with E-state index in [4.69, 9.17) is 4.74 Å². The minimum absolute atomic E-state index is 0.0201. The van der Waals surface area contributed by atoms with Crippen LogP contribution in [-0.2, 0) is 17.7 Å². The maximum absolute atomic E-state index is 12.8. The second-order valence-electron chi connectivity index (χ2n) is 6.39.